The molecule has 2 N–H and O–H groups in total. The molecular formula is C22H18FN9. The maximum Gasteiger partial charge on any atom is 0.161 e. The number of fused-ring (bicyclic) bond motifs is 2. The van der Waals surface area contributed by atoms with Gasteiger partial charge in [-0.05, 0) is 37.4 Å². The van der Waals surface area contributed by atoms with E-state index in [2.05, 4.69) is 41.8 Å². The Balaban J connectivity index is 1.66. The molecule has 5 rings (SSSR count). The molecule has 0 saturated heterocycles. The molecule has 0 aliphatic rings. The number of aliphatic imine (C=N–C) groups is 1. The van der Waals surface area contributed by atoms with Crippen LogP contribution in [0.5, 0.6) is 0 Å². The van der Waals surface area contributed by atoms with Crippen LogP contribution in [0, 0.1) is 5.82 Å². The number of aromatic nitrogens is 7. The smallest absolute Gasteiger partial charge is 0.161 e. The van der Waals surface area contributed by atoms with Crippen molar-refractivity contribution >= 4 is 34.5 Å². The Bertz CT molecular complexity index is 1480. The highest BCUT2D eigenvalue weighted by molar-refractivity contribution is 5.97. The number of hydrogen-bond donors (Lipinski definition) is 2. The van der Waals surface area contributed by atoms with Gasteiger partial charge in [-0.3, -0.25) is 10.1 Å². The maximum absolute atomic E-state index is 14.8. The molecule has 4 heterocycles. The van der Waals surface area contributed by atoms with E-state index in [-0.39, 0.29) is 0 Å². The van der Waals surface area contributed by atoms with Gasteiger partial charge in [0.15, 0.2) is 11.5 Å². The van der Waals surface area contributed by atoms with Gasteiger partial charge < -0.3 is 9.88 Å². The zero-order valence-corrected chi connectivity index (χ0v) is 17.3. The lowest BCUT2D eigenvalue weighted by atomic mass is 10.1. The SMILES string of the molecule is C=N/C(C)=C\N(C)c1ccnc2[nH]c(-c3n[nH]c4c(F)cc(-c5cncnc5)cc34)nc12. The summed E-state index contributed by atoms with van der Waals surface area (Å²) in [5, 5.41) is 7.69. The molecule has 5 aromatic rings. The van der Waals surface area contributed by atoms with Gasteiger partial charge >= 0.3 is 0 Å². The predicted octanol–water partition coefficient (Wildman–Crippen LogP) is 4.10. The molecule has 0 atom stereocenters. The molecule has 0 radical (unpaired) electrons. The number of imidazole rings is 1. The number of nitrogens with one attached hydrogen (secondary N) is 2. The third-order valence-corrected chi connectivity index (χ3v) is 5.12. The van der Waals surface area contributed by atoms with Crippen molar-refractivity contribution in [2.45, 2.75) is 6.92 Å². The van der Waals surface area contributed by atoms with E-state index >= 15 is 0 Å². The van der Waals surface area contributed by atoms with Crippen LogP contribution in [-0.2, 0) is 0 Å². The molecule has 0 unspecified atom stereocenters. The van der Waals surface area contributed by atoms with Crippen molar-refractivity contribution in [1.29, 1.82) is 0 Å². The van der Waals surface area contributed by atoms with Gasteiger partial charge in [0.1, 0.15) is 28.9 Å². The Labute approximate surface area is 181 Å². The van der Waals surface area contributed by atoms with Crippen LogP contribution in [0.1, 0.15) is 6.92 Å². The standard InChI is InChI=1S/C22H18FN9/c1-12(24-2)10-32(3)17-4-5-27-21-20(17)28-22(29-21)19-15-6-13(14-8-25-11-26-9-14)7-16(23)18(15)30-31-19/h4-11H,2H2,1,3H3,(H,30,31)(H,27,28,29)/b12-10-. The van der Waals surface area contributed by atoms with Gasteiger partial charge in [-0.25, -0.2) is 24.3 Å². The summed E-state index contributed by atoms with van der Waals surface area (Å²) >= 11 is 0. The first-order valence-electron chi connectivity index (χ1n) is 9.71. The summed E-state index contributed by atoms with van der Waals surface area (Å²) in [5.74, 6) is 0.0512. The fourth-order valence-electron chi connectivity index (χ4n) is 3.56. The van der Waals surface area contributed by atoms with Crippen LogP contribution < -0.4 is 4.90 Å². The summed E-state index contributed by atoms with van der Waals surface area (Å²) in [6.07, 6.45) is 8.24. The van der Waals surface area contributed by atoms with Gasteiger partial charge in [-0.2, -0.15) is 5.10 Å². The average Bonchev–Trinajstić information content (AvgIpc) is 3.43. The molecular weight excluding hydrogens is 409 g/mol. The average molecular weight is 427 g/mol. The van der Waals surface area contributed by atoms with Gasteiger partial charge in [-0.15, -0.1) is 0 Å². The molecule has 0 saturated carbocycles. The lowest BCUT2D eigenvalue weighted by Gasteiger charge is -2.14. The van der Waals surface area contributed by atoms with Gasteiger partial charge in [0.05, 0.1) is 11.4 Å². The van der Waals surface area contributed by atoms with Crippen LogP contribution >= 0.6 is 0 Å². The minimum absolute atomic E-state index is 0.293. The molecule has 1 aromatic carbocycles. The maximum atomic E-state index is 14.8. The van der Waals surface area contributed by atoms with E-state index < -0.39 is 5.82 Å². The Kier molecular flexibility index (Phi) is 4.66. The first-order valence-corrected chi connectivity index (χ1v) is 9.71. The number of nitrogens with zero attached hydrogens (tertiary/aromatic N) is 7. The largest absolute Gasteiger partial charge is 0.347 e. The highest BCUT2D eigenvalue weighted by Crippen LogP contribution is 2.33. The van der Waals surface area contributed by atoms with Gasteiger partial charge in [0.2, 0.25) is 0 Å². The van der Waals surface area contributed by atoms with Crippen LogP contribution in [0.2, 0.25) is 0 Å². The summed E-state index contributed by atoms with van der Waals surface area (Å²) in [4.78, 5) is 26.2. The van der Waals surface area contributed by atoms with Crippen LogP contribution in [-0.4, -0.2) is 48.9 Å². The van der Waals surface area contributed by atoms with Crippen molar-refractivity contribution in [1.82, 2.24) is 35.1 Å². The number of H-pyrrole nitrogens is 2. The van der Waals surface area contributed by atoms with E-state index in [1.165, 1.54) is 12.4 Å². The van der Waals surface area contributed by atoms with Gasteiger partial charge in [0.25, 0.3) is 0 Å². The second-order valence-corrected chi connectivity index (χ2v) is 7.23. The molecule has 9 nitrogen and oxygen atoms in total. The second-order valence-electron chi connectivity index (χ2n) is 7.23. The summed E-state index contributed by atoms with van der Waals surface area (Å²) in [6.45, 7) is 5.40. The number of allylic oxidation sites excluding steroid dienone is 1. The fourth-order valence-corrected chi connectivity index (χ4v) is 3.56. The van der Waals surface area contributed by atoms with Crippen molar-refractivity contribution < 1.29 is 4.39 Å². The number of pyridine rings is 1. The summed E-state index contributed by atoms with van der Waals surface area (Å²) in [7, 11) is 1.89. The molecule has 0 bridgehead atoms. The molecule has 32 heavy (non-hydrogen) atoms. The lowest BCUT2D eigenvalue weighted by molar-refractivity contribution is 0.636. The molecule has 0 fully saturated rings. The molecule has 0 aliphatic carbocycles. The van der Waals surface area contributed by atoms with E-state index in [4.69, 9.17) is 4.98 Å². The zero-order valence-electron chi connectivity index (χ0n) is 17.3. The first kappa shape index (κ1) is 19.5. The number of hydrogen-bond acceptors (Lipinski definition) is 7. The molecule has 158 valence electrons. The van der Waals surface area contributed by atoms with Crippen molar-refractivity contribution in [3.63, 3.8) is 0 Å². The monoisotopic (exact) mass is 427 g/mol. The molecule has 0 aliphatic heterocycles. The highest BCUT2D eigenvalue weighted by Gasteiger charge is 2.18. The van der Waals surface area contributed by atoms with Crippen LogP contribution in [0.15, 0.2) is 60.0 Å². The van der Waals surface area contributed by atoms with E-state index in [0.717, 1.165) is 11.4 Å². The van der Waals surface area contributed by atoms with Crippen molar-refractivity contribution in [3.05, 3.63) is 60.8 Å². The van der Waals surface area contributed by atoms with E-state index in [9.17, 15) is 4.39 Å². The molecule has 10 heteroatoms. The minimum atomic E-state index is -0.424. The Morgan fingerprint density at radius 2 is 2.03 bits per heavy atom. The number of benzene rings is 1. The predicted molar refractivity (Wildman–Crippen MR) is 122 cm³/mol. The van der Waals surface area contributed by atoms with Crippen molar-refractivity contribution in [2.75, 3.05) is 11.9 Å². The molecule has 0 amide bonds. The number of anilines is 1. The van der Waals surface area contributed by atoms with Crippen molar-refractivity contribution in [3.8, 4) is 22.6 Å². The Morgan fingerprint density at radius 3 is 2.81 bits per heavy atom. The van der Waals surface area contributed by atoms with E-state index in [1.54, 1.807) is 18.6 Å². The van der Waals surface area contributed by atoms with Crippen LogP contribution in [0.3, 0.4) is 0 Å². The summed E-state index contributed by atoms with van der Waals surface area (Å²) in [6, 6.07) is 5.12. The van der Waals surface area contributed by atoms with Crippen LogP contribution in [0.4, 0.5) is 10.1 Å². The molecule has 0 spiro atoms. The minimum Gasteiger partial charge on any atom is -0.347 e. The third-order valence-electron chi connectivity index (χ3n) is 5.12. The molecule has 4 aromatic heterocycles. The topological polar surface area (TPSA) is 112 Å². The van der Waals surface area contributed by atoms with E-state index in [1.807, 2.05) is 37.2 Å². The third kappa shape index (κ3) is 3.27. The fraction of sp³-hybridized carbons (Fsp3) is 0.0909. The second kappa shape index (κ2) is 7.65. The zero-order chi connectivity index (χ0) is 22.2. The van der Waals surface area contributed by atoms with Gasteiger partial charge in [-0.1, -0.05) is 0 Å². The number of halogens is 1. The van der Waals surface area contributed by atoms with Crippen LogP contribution in [0.25, 0.3) is 44.7 Å². The number of rotatable bonds is 5. The van der Waals surface area contributed by atoms with Gasteiger partial charge in [0, 0.05) is 42.8 Å². The van der Waals surface area contributed by atoms with Crippen molar-refractivity contribution in [2.24, 2.45) is 4.99 Å². The summed E-state index contributed by atoms with van der Waals surface area (Å²) in [5.41, 5.74) is 4.96. The Morgan fingerprint density at radius 1 is 1.22 bits per heavy atom. The number of aromatic amines is 2. The lowest BCUT2D eigenvalue weighted by Crippen LogP contribution is -2.09. The first-order chi connectivity index (χ1) is 15.5. The highest BCUT2D eigenvalue weighted by atomic mass is 19.1. The normalized spacial score (nSPS) is 11.9. The Hall–Kier alpha value is -4.47. The quantitative estimate of drug-likeness (QED) is 0.409. The summed E-state index contributed by atoms with van der Waals surface area (Å²) < 4.78 is 14.8. The van der Waals surface area contributed by atoms with E-state index in [0.29, 0.717) is 44.7 Å².